The Balaban J connectivity index is 1.72. The smallest absolute Gasteiger partial charge is 0.222 e. The summed E-state index contributed by atoms with van der Waals surface area (Å²) in [6.45, 7) is 6.03. The fourth-order valence-electron chi connectivity index (χ4n) is 4.04. The van der Waals surface area contributed by atoms with Crippen molar-refractivity contribution in [1.82, 2.24) is 34.2 Å². The molecule has 202 valence electrons. The van der Waals surface area contributed by atoms with E-state index in [9.17, 15) is 4.79 Å². The summed E-state index contributed by atoms with van der Waals surface area (Å²) in [6, 6.07) is 3.77. The summed E-state index contributed by atoms with van der Waals surface area (Å²) >= 11 is 0. The molecule has 0 fully saturated rings. The number of anilines is 2. The Kier molecular flexibility index (Phi) is 7.70. The number of hydrogen-bond acceptors (Lipinski definition) is 9. The van der Waals surface area contributed by atoms with Crippen LogP contribution in [0.1, 0.15) is 45.0 Å². The van der Waals surface area contributed by atoms with Crippen LogP contribution < -0.4 is 19.5 Å². The molecule has 12 nitrogen and oxygen atoms in total. The zero-order valence-corrected chi connectivity index (χ0v) is 23.0. The van der Waals surface area contributed by atoms with Crippen molar-refractivity contribution in [2.24, 2.45) is 0 Å². The van der Waals surface area contributed by atoms with E-state index in [0.717, 1.165) is 11.1 Å². The van der Waals surface area contributed by atoms with Gasteiger partial charge in [0.2, 0.25) is 11.7 Å². The molecule has 38 heavy (non-hydrogen) atoms. The first-order valence-corrected chi connectivity index (χ1v) is 12.2. The molecule has 3 heterocycles. The van der Waals surface area contributed by atoms with Crippen LogP contribution in [-0.2, 0) is 4.79 Å². The third kappa shape index (κ3) is 5.20. The lowest BCUT2D eigenvalue weighted by Gasteiger charge is -2.16. The van der Waals surface area contributed by atoms with Gasteiger partial charge >= 0.3 is 0 Å². The molecule has 0 aliphatic carbocycles. The molecule has 1 aromatic carbocycles. The average Bonchev–Trinajstić information content (AvgIpc) is 3.55. The van der Waals surface area contributed by atoms with Gasteiger partial charge in [-0.25, -0.2) is 19.6 Å². The zero-order valence-electron chi connectivity index (χ0n) is 23.0. The SMILES string of the molecule is COc1cc(-n2cnc(Nc3nc(C(C)CC(=O)N(C)C)nc4c3cnn4C(C)C)c2)cc(OC)c1OC. The van der Waals surface area contributed by atoms with Gasteiger partial charge in [-0.1, -0.05) is 6.92 Å². The number of fused-ring (bicyclic) bond motifs is 1. The Hall–Kier alpha value is -4.35. The van der Waals surface area contributed by atoms with E-state index in [2.05, 4.69) is 15.4 Å². The number of nitrogens with one attached hydrogen (secondary N) is 1. The molecule has 0 aliphatic heterocycles. The number of imidazole rings is 1. The van der Waals surface area contributed by atoms with Crippen LogP contribution in [0.15, 0.2) is 30.9 Å². The second-order valence-electron chi connectivity index (χ2n) is 9.42. The molecule has 12 heteroatoms. The minimum absolute atomic E-state index is 0.0113. The highest BCUT2D eigenvalue weighted by molar-refractivity contribution is 5.88. The summed E-state index contributed by atoms with van der Waals surface area (Å²) in [4.78, 5) is 28.0. The van der Waals surface area contributed by atoms with Crippen molar-refractivity contribution in [2.75, 3.05) is 40.7 Å². The number of carbonyl (C=O) groups is 1. The summed E-state index contributed by atoms with van der Waals surface area (Å²) in [5, 5.41) is 8.61. The van der Waals surface area contributed by atoms with Gasteiger partial charge in [-0.2, -0.15) is 5.10 Å². The molecular weight excluding hydrogens is 488 g/mol. The highest BCUT2D eigenvalue weighted by atomic mass is 16.5. The predicted octanol–water partition coefficient (Wildman–Crippen LogP) is 3.94. The molecule has 1 unspecified atom stereocenters. The summed E-state index contributed by atoms with van der Waals surface area (Å²) in [7, 11) is 8.19. The monoisotopic (exact) mass is 522 g/mol. The molecular formula is C26H34N8O4. The van der Waals surface area contributed by atoms with E-state index in [1.54, 1.807) is 52.8 Å². The average molecular weight is 523 g/mol. The van der Waals surface area contributed by atoms with Crippen molar-refractivity contribution in [3.63, 3.8) is 0 Å². The van der Waals surface area contributed by atoms with Crippen LogP contribution >= 0.6 is 0 Å². The number of methoxy groups -OCH3 is 3. The summed E-state index contributed by atoms with van der Waals surface area (Å²) in [5.74, 6) is 3.09. The van der Waals surface area contributed by atoms with Gasteiger partial charge in [-0.15, -0.1) is 0 Å². The highest BCUT2D eigenvalue weighted by Gasteiger charge is 2.21. The van der Waals surface area contributed by atoms with Crippen LogP contribution in [0.5, 0.6) is 17.2 Å². The maximum atomic E-state index is 12.4. The largest absolute Gasteiger partial charge is 0.493 e. The van der Waals surface area contributed by atoms with Crippen LogP contribution in [0.3, 0.4) is 0 Å². The Morgan fingerprint density at radius 2 is 1.74 bits per heavy atom. The van der Waals surface area contributed by atoms with Crippen molar-refractivity contribution in [1.29, 1.82) is 0 Å². The highest BCUT2D eigenvalue weighted by Crippen LogP contribution is 2.39. The standard InChI is InChI=1S/C26H34N8O4/c1-15(2)34-26-18(12-28-34)25(30-24(31-26)16(3)9-22(35)32(4)5)29-21-13-33(14-27-21)17-10-19(36-6)23(38-8)20(11-17)37-7/h10-16H,9H2,1-8H3,(H,29,30,31). The molecule has 1 amide bonds. The van der Waals surface area contributed by atoms with Gasteiger partial charge in [0.15, 0.2) is 17.1 Å². The van der Waals surface area contributed by atoms with Gasteiger partial charge in [0.1, 0.15) is 23.8 Å². The van der Waals surface area contributed by atoms with Crippen molar-refractivity contribution in [2.45, 2.75) is 39.2 Å². The third-order valence-electron chi connectivity index (χ3n) is 6.16. The second kappa shape index (κ2) is 11.0. The minimum atomic E-state index is -0.192. The summed E-state index contributed by atoms with van der Waals surface area (Å²) in [6.07, 6.45) is 5.55. The number of amides is 1. The van der Waals surface area contributed by atoms with Crippen LogP contribution in [0, 0.1) is 0 Å². The second-order valence-corrected chi connectivity index (χ2v) is 9.42. The number of nitrogens with zero attached hydrogens (tertiary/aromatic N) is 7. The van der Waals surface area contributed by atoms with Crippen LogP contribution in [0.4, 0.5) is 11.6 Å². The normalized spacial score (nSPS) is 12.0. The molecule has 3 aromatic heterocycles. The zero-order chi connectivity index (χ0) is 27.6. The molecule has 1 N–H and O–H groups in total. The minimum Gasteiger partial charge on any atom is -0.493 e. The molecule has 0 saturated heterocycles. The molecule has 4 aromatic rings. The quantitative estimate of drug-likeness (QED) is 0.330. The molecule has 4 rings (SSSR count). The van der Waals surface area contributed by atoms with E-state index in [1.807, 2.05) is 48.3 Å². The van der Waals surface area contributed by atoms with Gasteiger partial charge in [-0.3, -0.25) is 4.79 Å². The first kappa shape index (κ1) is 26.7. The maximum Gasteiger partial charge on any atom is 0.222 e. The van der Waals surface area contributed by atoms with E-state index in [1.165, 1.54) is 0 Å². The van der Waals surface area contributed by atoms with Gasteiger partial charge in [-0.05, 0) is 13.8 Å². The Bertz CT molecular complexity index is 1420. The van der Waals surface area contributed by atoms with Crippen LogP contribution in [-0.4, -0.2) is 75.5 Å². The van der Waals surface area contributed by atoms with Crippen molar-refractivity contribution in [3.8, 4) is 22.9 Å². The van der Waals surface area contributed by atoms with Gasteiger partial charge in [0.25, 0.3) is 0 Å². The first-order valence-electron chi connectivity index (χ1n) is 12.2. The number of rotatable bonds is 10. The summed E-state index contributed by atoms with van der Waals surface area (Å²) in [5.41, 5.74) is 1.47. The van der Waals surface area contributed by atoms with Crippen molar-refractivity contribution >= 4 is 28.6 Å². The molecule has 0 spiro atoms. The van der Waals surface area contributed by atoms with Crippen molar-refractivity contribution < 1.29 is 19.0 Å². The van der Waals surface area contributed by atoms with E-state index < -0.39 is 0 Å². The topological polar surface area (TPSA) is 121 Å². The van der Waals surface area contributed by atoms with Gasteiger partial charge < -0.3 is 29.0 Å². The lowest BCUT2D eigenvalue weighted by molar-refractivity contribution is -0.129. The number of ether oxygens (including phenoxy) is 3. The Labute approximate surface area is 221 Å². The number of carbonyl (C=O) groups excluding carboxylic acids is 1. The van der Waals surface area contributed by atoms with Crippen molar-refractivity contribution in [3.05, 3.63) is 36.7 Å². The number of hydrogen-bond donors (Lipinski definition) is 1. The Morgan fingerprint density at radius 3 is 2.32 bits per heavy atom. The molecule has 0 aliphatic rings. The first-order chi connectivity index (χ1) is 18.2. The number of benzene rings is 1. The molecule has 0 bridgehead atoms. The maximum absolute atomic E-state index is 12.4. The lowest BCUT2D eigenvalue weighted by atomic mass is 10.1. The van der Waals surface area contributed by atoms with Gasteiger partial charge in [0.05, 0.1) is 44.8 Å². The Morgan fingerprint density at radius 1 is 1.05 bits per heavy atom. The fourth-order valence-corrected chi connectivity index (χ4v) is 4.04. The van der Waals surface area contributed by atoms with E-state index in [-0.39, 0.29) is 17.9 Å². The molecule has 0 saturated carbocycles. The van der Waals surface area contributed by atoms with Crippen LogP contribution in [0.2, 0.25) is 0 Å². The number of aromatic nitrogens is 6. The lowest BCUT2D eigenvalue weighted by Crippen LogP contribution is -2.23. The van der Waals surface area contributed by atoms with E-state index >= 15 is 0 Å². The molecule has 1 atom stereocenters. The van der Waals surface area contributed by atoms with Gasteiger partial charge in [0, 0.05) is 44.6 Å². The van der Waals surface area contributed by atoms with E-state index in [4.69, 9.17) is 24.2 Å². The summed E-state index contributed by atoms with van der Waals surface area (Å²) < 4.78 is 20.1. The van der Waals surface area contributed by atoms with E-state index in [0.29, 0.717) is 46.8 Å². The predicted molar refractivity (Wildman–Crippen MR) is 144 cm³/mol. The molecule has 0 radical (unpaired) electrons. The van der Waals surface area contributed by atoms with Crippen LogP contribution in [0.25, 0.3) is 16.7 Å². The third-order valence-corrected chi connectivity index (χ3v) is 6.16. The fraction of sp³-hybridized carbons (Fsp3) is 0.423.